The number of carbonyl (C=O) groups is 2. The van der Waals surface area contributed by atoms with Gasteiger partial charge in [0.1, 0.15) is 0 Å². The first-order valence-corrected chi connectivity index (χ1v) is 13.6. The van der Waals surface area contributed by atoms with Crippen LogP contribution in [0.5, 0.6) is 0 Å². The third-order valence-electron chi connectivity index (χ3n) is 8.62. The second-order valence-corrected chi connectivity index (χ2v) is 10.7. The van der Waals surface area contributed by atoms with Crippen LogP contribution in [0.1, 0.15) is 76.2 Å². The number of aliphatic carboxylic acids is 1. The first kappa shape index (κ1) is 25.7. The average molecular weight is 480 g/mol. The molecule has 35 heavy (non-hydrogen) atoms. The van der Waals surface area contributed by atoms with Crippen molar-refractivity contribution in [2.75, 3.05) is 0 Å². The van der Waals surface area contributed by atoms with Crippen LogP contribution in [0, 0.1) is 35.5 Å². The number of hydrogen-bond acceptors (Lipinski definition) is 3. The molecule has 1 saturated carbocycles. The number of nitrogens with one attached hydrogen (secondary N) is 1. The van der Waals surface area contributed by atoms with Gasteiger partial charge in [-0.2, -0.15) is 0 Å². The lowest BCUT2D eigenvalue weighted by Gasteiger charge is -2.38. The first-order valence-electron chi connectivity index (χ1n) is 13.6. The Kier molecular flexibility index (Phi) is 8.48. The molecule has 3 aliphatic rings. The highest BCUT2D eigenvalue weighted by Gasteiger charge is 2.42. The molecule has 2 aliphatic carbocycles. The number of aromatic nitrogens is 1. The van der Waals surface area contributed by atoms with E-state index in [0.29, 0.717) is 29.9 Å². The summed E-state index contributed by atoms with van der Waals surface area (Å²) in [6.07, 6.45) is 19.2. The van der Waals surface area contributed by atoms with E-state index in [2.05, 4.69) is 49.2 Å². The number of ether oxygens (including phenoxy) is 1. The van der Waals surface area contributed by atoms with Crippen LogP contribution in [0.25, 0.3) is 0 Å². The van der Waals surface area contributed by atoms with Crippen molar-refractivity contribution in [1.82, 2.24) is 4.98 Å². The summed E-state index contributed by atoms with van der Waals surface area (Å²) < 4.78 is 6.42. The van der Waals surface area contributed by atoms with Gasteiger partial charge in [0, 0.05) is 18.0 Å². The van der Waals surface area contributed by atoms with Crippen molar-refractivity contribution in [2.24, 2.45) is 35.5 Å². The minimum atomic E-state index is -0.764. The standard InChI is InChI=1S/C30H41NO4/c1-4-20(29-19(3)14-17-26(35-29)23(5-2)30(33)34)9-6-11-22-16-15-21-10-7-12-24(21)27(22)28(32)25-13-8-18-31-25/h6,8-9,11,13,15-16,18-19,21-24,26-27,29,31H,4-5,7,10,12,14,17H2,1-3H3,(H,33,34)/b11-6+,20-9+/t19-,21-,22?,23+,24+,26+,27+,29+/m0/s1. The maximum Gasteiger partial charge on any atom is 0.309 e. The normalized spacial score (nSPS) is 34.1. The minimum Gasteiger partial charge on any atom is -0.481 e. The Labute approximate surface area is 209 Å². The number of hydrogen-bond donors (Lipinski definition) is 2. The summed E-state index contributed by atoms with van der Waals surface area (Å²) in [7, 11) is 0. The number of fused-ring (bicyclic) bond motifs is 1. The minimum absolute atomic E-state index is 0.0315. The third-order valence-corrected chi connectivity index (χ3v) is 8.62. The van der Waals surface area contributed by atoms with Crippen LogP contribution < -0.4 is 0 Å². The molecule has 2 fully saturated rings. The summed E-state index contributed by atoms with van der Waals surface area (Å²) in [6.45, 7) is 6.26. The molecule has 2 N–H and O–H groups in total. The topological polar surface area (TPSA) is 79.4 Å². The quantitative estimate of drug-likeness (QED) is 0.237. The molecule has 1 aliphatic heterocycles. The summed E-state index contributed by atoms with van der Waals surface area (Å²) in [5, 5.41) is 9.62. The van der Waals surface area contributed by atoms with E-state index in [1.54, 1.807) is 0 Å². The summed E-state index contributed by atoms with van der Waals surface area (Å²) in [5.41, 5.74) is 1.91. The van der Waals surface area contributed by atoms with Crippen LogP contribution in [0.2, 0.25) is 0 Å². The third kappa shape index (κ3) is 5.55. The van der Waals surface area contributed by atoms with E-state index in [0.717, 1.165) is 25.7 Å². The highest BCUT2D eigenvalue weighted by Crippen LogP contribution is 2.46. The zero-order valence-electron chi connectivity index (χ0n) is 21.4. The number of rotatable bonds is 9. The second kappa shape index (κ2) is 11.6. The smallest absolute Gasteiger partial charge is 0.309 e. The van der Waals surface area contributed by atoms with E-state index in [-0.39, 0.29) is 29.8 Å². The molecular formula is C30H41NO4. The summed E-state index contributed by atoms with van der Waals surface area (Å²) in [5.74, 6) is 0.323. The number of H-pyrrole nitrogens is 1. The van der Waals surface area contributed by atoms with Crippen LogP contribution in [-0.2, 0) is 9.53 Å². The van der Waals surface area contributed by atoms with Crippen LogP contribution in [0.3, 0.4) is 0 Å². The molecule has 0 bridgehead atoms. The van der Waals surface area contributed by atoms with Gasteiger partial charge in [0.2, 0.25) is 0 Å². The van der Waals surface area contributed by atoms with Crippen molar-refractivity contribution in [3.63, 3.8) is 0 Å². The molecule has 0 radical (unpaired) electrons. The van der Waals surface area contributed by atoms with Gasteiger partial charge in [-0.05, 0) is 74.0 Å². The molecule has 4 rings (SSSR count). The van der Waals surface area contributed by atoms with Crippen molar-refractivity contribution in [1.29, 1.82) is 0 Å². The lowest BCUT2D eigenvalue weighted by atomic mass is 9.69. The highest BCUT2D eigenvalue weighted by atomic mass is 16.5. The van der Waals surface area contributed by atoms with Crippen molar-refractivity contribution in [2.45, 2.75) is 77.9 Å². The van der Waals surface area contributed by atoms with Gasteiger partial charge in [-0.3, -0.25) is 9.59 Å². The fraction of sp³-hybridized carbons (Fsp3) is 0.600. The van der Waals surface area contributed by atoms with Crippen LogP contribution in [-0.4, -0.2) is 34.1 Å². The van der Waals surface area contributed by atoms with Gasteiger partial charge < -0.3 is 14.8 Å². The lowest BCUT2D eigenvalue weighted by molar-refractivity contribution is -0.154. The largest absolute Gasteiger partial charge is 0.481 e. The fourth-order valence-electron chi connectivity index (χ4n) is 6.63. The van der Waals surface area contributed by atoms with Crippen LogP contribution in [0.15, 0.2) is 54.3 Å². The first-order chi connectivity index (χ1) is 16.9. The Morgan fingerprint density at radius 2 is 2.03 bits per heavy atom. The molecule has 8 atom stereocenters. The fourth-order valence-corrected chi connectivity index (χ4v) is 6.63. The second-order valence-electron chi connectivity index (χ2n) is 10.7. The molecule has 1 aromatic heterocycles. The Balaban J connectivity index is 1.53. The van der Waals surface area contributed by atoms with Gasteiger partial charge in [-0.25, -0.2) is 0 Å². The summed E-state index contributed by atoms with van der Waals surface area (Å²) >= 11 is 0. The van der Waals surface area contributed by atoms with Crippen molar-refractivity contribution < 1.29 is 19.4 Å². The van der Waals surface area contributed by atoms with E-state index < -0.39 is 11.9 Å². The molecule has 2 heterocycles. The number of allylic oxidation sites excluding steroid dienone is 5. The highest BCUT2D eigenvalue weighted by molar-refractivity contribution is 5.97. The molecule has 1 aromatic rings. The van der Waals surface area contributed by atoms with Crippen LogP contribution in [0.4, 0.5) is 0 Å². The molecule has 0 aromatic carbocycles. The van der Waals surface area contributed by atoms with E-state index in [1.807, 2.05) is 25.3 Å². The van der Waals surface area contributed by atoms with Crippen molar-refractivity contribution in [3.05, 3.63) is 60.0 Å². The molecule has 0 spiro atoms. The zero-order chi connectivity index (χ0) is 24.9. The predicted molar refractivity (Wildman–Crippen MR) is 138 cm³/mol. The molecular weight excluding hydrogens is 438 g/mol. The number of ketones is 1. The van der Waals surface area contributed by atoms with Gasteiger partial charge in [-0.15, -0.1) is 0 Å². The summed E-state index contributed by atoms with van der Waals surface area (Å²) in [6, 6.07) is 3.78. The molecule has 190 valence electrons. The number of aromatic amines is 1. The Bertz CT molecular complexity index is 959. The number of carboxylic acid groups (broad SMARTS) is 1. The van der Waals surface area contributed by atoms with Crippen molar-refractivity contribution >= 4 is 11.8 Å². The van der Waals surface area contributed by atoms with E-state index >= 15 is 0 Å². The van der Waals surface area contributed by atoms with E-state index in [9.17, 15) is 14.7 Å². The monoisotopic (exact) mass is 479 g/mol. The van der Waals surface area contributed by atoms with Gasteiger partial charge in [-0.1, -0.05) is 57.6 Å². The van der Waals surface area contributed by atoms with Crippen molar-refractivity contribution in [3.8, 4) is 0 Å². The maximum atomic E-state index is 13.5. The summed E-state index contributed by atoms with van der Waals surface area (Å²) in [4.78, 5) is 28.3. The predicted octanol–water partition coefficient (Wildman–Crippen LogP) is 6.60. The Morgan fingerprint density at radius 1 is 1.20 bits per heavy atom. The molecule has 0 amide bonds. The van der Waals surface area contributed by atoms with Crippen LogP contribution >= 0.6 is 0 Å². The molecule has 1 unspecified atom stereocenters. The maximum absolute atomic E-state index is 13.5. The molecule has 5 nitrogen and oxygen atoms in total. The Morgan fingerprint density at radius 3 is 2.71 bits per heavy atom. The Hall–Kier alpha value is -2.40. The van der Waals surface area contributed by atoms with E-state index in [1.165, 1.54) is 18.4 Å². The van der Waals surface area contributed by atoms with E-state index in [4.69, 9.17) is 4.74 Å². The number of Topliss-reactive ketones (excluding diaryl/α,β-unsaturated/α-hetero) is 1. The number of carboxylic acids is 1. The average Bonchev–Trinajstić information content (AvgIpc) is 3.55. The van der Waals surface area contributed by atoms with Gasteiger partial charge in [0.05, 0.1) is 23.8 Å². The van der Waals surface area contributed by atoms with Gasteiger partial charge in [0.25, 0.3) is 0 Å². The SMILES string of the molecule is CC/C(=C\C=C\C1C=C[C@@H]2CCC[C@H]2[C@@H]1C(=O)c1ccc[nH]1)[C@@H]1O[C@@H]([C@@H](CC)C(=O)O)CC[C@@H]1C. The molecule has 5 heteroatoms. The lowest BCUT2D eigenvalue weighted by Crippen LogP contribution is -2.41. The van der Waals surface area contributed by atoms with Gasteiger partial charge in [0.15, 0.2) is 5.78 Å². The molecule has 1 saturated heterocycles. The number of carbonyl (C=O) groups excluding carboxylic acids is 1. The van der Waals surface area contributed by atoms with Gasteiger partial charge >= 0.3 is 5.97 Å². The zero-order valence-corrected chi connectivity index (χ0v) is 21.4.